The van der Waals surface area contributed by atoms with Gasteiger partial charge in [-0.2, -0.15) is 0 Å². The highest BCUT2D eigenvalue weighted by Gasteiger charge is 2.31. The van der Waals surface area contributed by atoms with Crippen molar-refractivity contribution in [2.24, 2.45) is 5.92 Å². The lowest BCUT2D eigenvalue weighted by molar-refractivity contribution is -0.143. The highest BCUT2D eigenvalue weighted by atomic mass is 19.1. The third-order valence-corrected chi connectivity index (χ3v) is 3.06. The van der Waals surface area contributed by atoms with Gasteiger partial charge in [0.2, 0.25) is 5.91 Å². The number of Topliss-reactive ketones (excluding diaryl/α,β-unsaturated/α-hetero) is 1. The molecular formula is C16H27FN2O6. The van der Waals surface area contributed by atoms with Crippen LogP contribution in [0.4, 0.5) is 9.18 Å². The van der Waals surface area contributed by atoms with Gasteiger partial charge in [-0.25, -0.2) is 9.18 Å². The van der Waals surface area contributed by atoms with Gasteiger partial charge >= 0.3 is 12.1 Å². The summed E-state index contributed by atoms with van der Waals surface area (Å²) in [5.41, 5.74) is -0.750. The van der Waals surface area contributed by atoms with E-state index in [1.165, 1.54) is 0 Å². The quantitative estimate of drug-likeness (QED) is 0.626. The molecule has 2 N–H and O–H groups in total. The lowest BCUT2D eigenvalue weighted by atomic mass is 10.0. The van der Waals surface area contributed by atoms with Crippen LogP contribution in [-0.4, -0.2) is 55.2 Å². The minimum Gasteiger partial charge on any atom is -0.469 e. The molecule has 0 spiro atoms. The molecular weight excluding hydrogens is 335 g/mol. The fraction of sp³-hybridized carbons (Fsp3) is 0.750. The largest absolute Gasteiger partial charge is 0.469 e. The molecule has 0 radical (unpaired) electrons. The number of alkyl carbamates (subject to hydrolysis) is 1. The molecule has 0 aromatic heterocycles. The van der Waals surface area contributed by atoms with Gasteiger partial charge < -0.3 is 20.1 Å². The Morgan fingerprint density at radius 1 is 1.08 bits per heavy atom. The third-order valence-electron chi connectivity index (χ3n) is 3.06. The van der Waals surface area contributed by atoms with Gasteiger partial charge in [0, 0.05) is 0 Å². The van der Waals surface area contributed by atoms with Crippen molar-refractivity contribution in [3.8, 4) is 0 Å². The number of hydrogen-bond acceptors (Lipinski definition) is 6. The van der Waals surface area contributed by atoms with E-state index in [0.717, 1.165) is 7.11 Å². The average Bonchev–Trinajstić information content (AvgIpc) is 2.48. The second kappa shape index (κ2) is 9.95. The molecule has 0 aromatic rings. The van der Waals surface area contributed by atoms with Crippen molar-refractivity contribution < 1.29 is 33.0 Å². The highest BCUT2D eigenvalue weighted by molar-refractivity contribution is 5.94. The van der Waals surface area contributed by atoms with Crippen LogP contribution < -0.4 is 10.6 Å². The van der Waals surface area contributed by atoms with Gasteiger partial charge in [-0.1, -0.05) is 13.8 Å². The Hall–Kier alpha value is -2.19. The molecule has 0 aromatic carbocycles. The number of hydrogen-bond donors (Lipinski definition) is 2. The summed E-state index contributed by atoms with van der Waals surface area (Å²) in [4.78, 5) is 47.2. The van der Waals surface area contributed by atoms with E-state index in [1.54, 1.807) is 34.6 Å². The maximum Gasteiger partial charge on any atom is 0.408 e. The Balaban J connectivity index is 5.08. The minimum absolute atomic E-state index is 0.341. The zero-order valence-electron chi connectivity index (χ0n) is 15.5. The number of ketones is 1. The summed E-state index contributed by atoms with van der Waals surface area (Å²) < 4.78 is 22.2. The van der Waals surface area contributed by atoms with Crippen molar-refractivity contribution in [2.45, 2.75) is 58.7 Å². The number of rotatable bonds is 8. The van der Waals surface area contributed by atoms with E-state index in [9.17, 15) is 23.6 Å². The monoisotopic (exact) mass is 362 g/mol. The van der Waals surface area contributed by atoms with E-state index in [2.05, 4.69) is 15.4 Å². The normalized spacial score (nSPS) is 13.6. The lowest BCUT2D eigenvalue weighted by Gasteiger charge is -2.26. The SMILES string of the molecule is COC(=O)CC(NC(=O)C(NC(=O)OC(C)(C)C)C(C)C)C(=O)CF. The van der Waals surface area contributed by atoms with Gasteiger partial charge in [0.1, 0.15) is 24.4 Å². The van der Waals surface area contributed by atoms with Crippen LogP contribution in [0.1, 0.15) is 41.0 Å². The number of nitrogens with one attached hydrogen (secondary N) is 2. The number of carbonyl (C=O) groups excluding carboxylic acids is 4. The minimum atomic E-state index is -1.37. The Labute approximate surface area is 146 Å². The fourth-order valence-electron chi connectivity index (χ4n) is 1.82. The van der Waals surface area contributed by atoms with Crippen LogP contribution in [0.25, 0.3) is 0 Å². The van der Waals surface area contributed by atoms with Crippen LogP contribution in [-0.2, 0) is 23.9 Å². The number of amides is 2. The molecule has 0 aliphatic rings. The maximum absolute atomic E-state index is 12.7. The number of ether oxygens (including phenoxy) is 2. The predicted molar refractivity (Wildman–Crippen MR) is 87.5 cm³/mol. The summed E-state index contributed by atoms with van der Waals surface area (Å²) in [6.07, 6.45) is -1.30. The molecule has 2 unspecified atom stereocenters. The molecule has 0 saturated carbocycles. The van der Waals surface area contributed by atoms with Crippen molar-refractivity contribution in [3.63, 3.8) is 0 Å². The predicted octanol–water partition coefficient (Wildman–Crippen LogP) is 1.12. The molecule has 2 amide bonds. The van der Waals surface area contributed by atoms with Gasteiger partial charge in [0.05, 0.1) is 13.5 Å². The molecule has 0 aliphatic carbocycles. The Morgan fingerprint density at radius 2 is 1.64 bits per heavy atom. The molecule has 9 heteroatoms. The number of halogens is 1. The number of carbonyl (C=O) groups is 4. The Morgan fingerprint density at radius 3 is 2.04 bits per heavy atom. The molecule has 0 saturated heterocycles. The lowest BCUT2D eigenvalue weighted by Crippen LogP contribution is -2.55. The van der Waals surface area contributed by atoms with Crippen molar-refractivity contribution >= 4 is 23.8 Å². The van der Waals surface area contributed by atoms with Gasteiger partial charge in [0.25, 0.3) is 0 Å². The first-order valence-corrected chi connectivity index (χ1v) is 7.86. The standard InChI is InChI=1S/C16H27FN2O6/c1-9(2)13(19-15(23)25-16(3,4)5)14(22)18-10(11(20)8-17)7-12(21)24-6/h9-10,13H,7-8H2,1-6H3,(H,18,22)(H,19,23). The van der Waals surface area contributed by atoms with Crippen LogP contribution in [0.3, 0.4) is 0 Å². The van der Waals surface area contributed by atoms with Gasteiger partial charge in [-0.15, -0.1) is 0 Å². The number of esters is 1. The summed E-state index contributed by atoms with van der Waals surface area (Å²) in [6.45, 7) is 7.02. The number of alkyl halides is 1. The van der Waals surface area contributed by atoms with Crippen LogP contribution >= 0.6 is 0 Å². The number of methoxy groups -OCH3 is 1. The van der Waals surface area contributed by atoms with Crippen molar-refractivity contribution in [1.82, 2.24) is 10.6 Å². The van der Waals surface area contributed by atoms with Crippen molar-refractivity contribution in [2.75, 3.05) is 13.8 Å². The topological polar surface area (TPSA) is 111 Å². The van der Waals surface area contributed by atoms with E-state index in [-0.39, 0.29) is 5.92 Å². The first kappa shape index (κ1) is 22.8. The maximum atomic E-state index is 12.7. The van der Waals surface area contributed by atoms with Gasteiger partial charge in [0.15, 0.2) is 5.78 Å². The molecule has 0 rings (SSSR count). The zero-order valence-corrected chi connectivity index (χ0v) is 15.5. The molecule has 0 fully saturated rings. The third kappa shape index (κ3) is 9.02. The van der Waals surface area contributed by atoms with E-state index in [1.807, 2.05) is 0 Å². The van der Waals surface area contributed by atoms with Crippen LogP contribution in [0.2, 0.25) is 0 Å². The van der Waals surface area contributed by atoms with E-state index in [0.29, 0.717) is 0 Å². The summed E-state index contributed by atoms with van der Waals surface area (Å²) in [5.74, 6) is -2.80. The van der Waals surface area contributed by atoms with Gasteiger partial charge in [-0.3, -0.25) is 14.4 Å². The summed E-state index contributed by atoms with van der Waals surface area (Å²) in [6, 6.07) is -2.39. The van der Waals surface area contributed by atoms with E-state index < -0.39 is 54.5 Å². The first-order valence-electron chi connectivity index (χ1n) is 7.86. The molecule has 0 bridgehead atoms. The van der Waals surface area contributed by atoms with Crippen LogP contribution in [0.5, 0.6) is 0 Å². The summed E-state index contributed by atoms with van der Waals surface area (Å²) in [5, 5.41) is 4.69. The van der Waals surface area contributed by atoms with Crippen molar-refractivity contribution in [3.05, 3.63) is 0 Å². The Bertz CT molecular complexity index is 501. The molecule has 8 nitrogen and oxygen atoms in total. The molecule has 25 heavy (non-hydrogen) atoms. The molecule has 2 atom stereocenters. The van der Waals surface area contributed by atoms with Crippen LogP contribution in [0, 0.1) is 5.92 Å². The zero-order chi connectivity index (χ0) is 19.8. The summed E-state index contributed by atoms with van der Waals surface area (Å²) >= 11 is 0. The van der Waals surface area contributed by atoms with Crippen molar-refractivity contribution in [1.29, 1.82) is 0 Å². The van der Waals surface area contributed by atoms with Crippen LogP contribution in [0.15, 0.2) is 0 Å². The smallest absolute Gasteiger partial charge is 0.408 e. The van der Waals surface area contributed by atoms with E-state index >= 15 is 0 Å². The first-order chi connectivity index (χ1) is 11.4. The van der Waals surface area contributed by atoms with E-state index in [4.69, 9.17) is 4.74 Å². The Kier molecular flexibility index (Phi) is 9.08. The highest BCUT2D eigenvalue weighted by Crippen LogP contribution is 2.09. The molecule has 144 valence electrons. The van der Waals surface area contributed by atoms with Gasteiger partial charge in [-0.05, 0) is 26.7 Å². The molecule has 0 heterocycles. The second-order valence-corrected chi connectivity index (χ2v) is 6.81. The fourth-order valence-corrected chi connectivity index (χ4v) is 1.82. The average molecular weight is 362 g/mol. The molecule has 0 aliphatic heterocycles. The second-order valence-electron chi connectivity index (χ2n) is 6.81. The summed E-state index contributed by atoms with van der Waals surface area (Å²) in [7, 11) is 1.11.